The summed E-state index contributed by atoms with van der Waals surface area (Å²) in [6.45, 7) is 0.105. The molecule has 1 heterocycles. The van der Waals surface area contributed by atoms with Crippen molar-refractivity contribution in [2.45, 2.75) is 17.5 Å². The molecule has 0 atom stereocenters. The lowest BCUT2D eigenvalue weighted by Gasteiger charge is -2.12. The molecule has 0 spiro atoms. The molecule has 1 aromatic heterocycles. The van der Waals surface area contributed by atoms with E-state index < -0.39 is 0 Å². The molecule has 1 amide bonds. The van der Waals surface area contributed by atoms with Crippen LogP contribution < -0.4 is 5.32 Å². The number of hydrogen-bond donors (Lipinski definition) is 1. The van der Waals surface area contributed by atoms with Crippen molar-refractivity contribution in [2.24, 2.45) is 0 Å². The maximum atomic E-state index is 12.7. The lowest BCUT2D eigenvalue weighted by atomic mass is 10.2. The number of amides is 1. The number of halogens is 5. The normalized spacial score (nSPS) is 11.0. The highest BCUT2D eigenvalue weighted by Gasteiger charge is 2.18. The molecule has 4 rings (SSSR count). The van der Waals surface area contributed by atoms with Crippen molar-refractivity contribution >= 4 is 80.0 Å². The first-order chi connectivity index (χ1) is 16.3. The van der Waals surface area contributed by atoms with Crippen LogP contribution in [0.3, 0.4) is 0 Å². The smallest absolute Gasteiger partial charge is 0.253 e. The topological polar surface area (TPSA) is 59.8 Å². The minimum Gasteiger partial charge on any atom is -0.345 e. The molecule has 174 valence electrons. The van der Waals surface area contributed by atoms with Crippen LogP contribution in [0.5, 0.6) is 0 Å². The van der Waals surface area contributed by atoms with Crippen LogP contribution in [0, 0.1) is 0 Å². The Kier molecular flexibility index (Phi) is 8.45. The Bertz CT molecular complexity index is 1350. The first-order valence-corrected chi connectivity index (χ1v) is 13.1. The molecule has 4 aromatic rings. The average Bonchev–Trinajstić information content (AvgIpc) is 3.23. The standard InChI is InChI=1S/C23H15BrCl4N4OS/c24-14-3-1-13(2-4-14)12-34-23-31-30-21(32(23)16-6-8-19(27)20(28)10-16)11-29-22(33)17-9-15(25)5-7-18(17)26/h1-10H,11-12H2,(H,29,33). The molecule has 0 radical (unpaired) electrons. The van der Waals surface area contributed by atoms with Crippen molar-refractivity contribution in [3.8, 4) is 5.69 Å². The molecule has 0 aliphatic carbocycles. The molecular formula is C23H15BrCl4N4OS. The molecule has 0 fully saturated rings. The summed E-state index contributed by atoms with van der Waals surface area (Å²) in [7, 11) is 0. The highest BCUT2D eigenvalue weighted by atomic mass is 79.9. The Morgan fingerprint density at radius 1 is 0.912 bits per heavy atom. The number of aromatic nitrogens is 3. The summed E-state index contributed by atoms with van der Waals surface area (Å²) >= 11 is 29.5. The largest absolute Gasteiger partial charge is 0.345 e. The van der Waals surface area contributed by atoms with E-state index in [4.69, 9.17) is 46.4 Å². The summed E-state index contributed by atoms with van der Waals surface area (Å²) in [4.78, 5) is 12.7. The van der Waals surface area contributed by atoms with Gasteiger partial charge in [0.05, 0.1) is 32.9 Å². The van der Waals surface area contributed by atoms with Crippen LogP contribution in [-0.2, 0) is 12.3 Å². The summed E-state index contributed by atoms with van der Waals surface area (Å²) in [5.41, 5.74) is 2.13. The first-order valence-electron chi connectivity index (χ1n) is 9.82. The summed E-state index contributed by atoms with van der Waals surface area (Å²) in [6.07, 6.45) is 0. The number of nitrogens with zero attached hydrogens (tertiary/aromatic N) is 3. The molecule has 0 saturated carbocycles. The zero-order valence-corrected chi connectivity index (χ0v) is 22.7. The van der Waals surface area contributed by atoms with Gasteiger partial charge in [-0.2, -0.15) is 0 Å². The van der Waals surface area contributed by atoms with Crippen molar-refractivity contribution in [2.75, 3.05) is 0 Å². The van der Waals surface area contributed by atoms with Crippen LogP contribution in [0.1, 0.15) is 21.7 Å². The van der Waals surface area contributed by atoms with Crippen molar-refractivity contribution in [1.29, 1.82) is 0 Å². The molecular weight excluding hydrogens is 602 g/mol. The van der Waals surface area contributed by atoms with E-state index in [1.807, 2.05) is 34.9 Å². The van der Waals surface area contributed by atoms with Gasteiger partial charge in [0, 0.05) is 15.2 Å². The van der Waals surface area contributed by atoms with Crippen molar-refractivity contribution < 1.29 is 4.79 Å². The Morgan fingerprint density at radius 3 is 2.38 bits per heavy atom. The maximum absolute atomic E-state index is 12.7. The van der Waals surface area contributed by atoms with Gasteiger partial charge in [0.2, 0.25) is 0 Å². The highest BCUT2D eigenvalue weighted by Crippen LogP contribution is 2.30. The minimum absolute atomic E-state index is 0.105. The van der Waals surface area contributed by atoms with Crippen molar-refractivity contribution in [3.63, 3.8) is 0 Å². The van der Waals surface area contributed by atoms with E-state index in [2.05, 4.69) is 31.4 Å². The molecule has 0 aliphatic heterocycles. The van der Waals surface area contributed by atoms with Gasteiger partial charge in [-0.3, -0.25) is 9.36 Å². The molecule has 0 aliphatic rings. The Labute approximate surface area is 228 Å². The van der Waals surface area contributed by atoms with Gasteiger partial charge in [0.15, 0.2) is 11.0 Å². The number of thioether (sulfide) groups is 1. The third kappa shape index (κ3) is 6.08. The molecule has 0 bridgehead atoms. The number of nitrogens with one attached hydrogen (secondary N) is 1. The average molecular weight is 617 g/mol. The zero-order chi connectivity index (χ0) is 24.2. The van der Waals surface area contributed by atoms with Crippen LogP contribution in [0.4, 0.5) is 0 Å². The van der Waals surface area contributed by atoms with Crippen molar-refractivity contribution in [1.82, 2.24) is 20.1 Å². The number of carbonyl (C=O) groups is 1. The van der Waals surface area contributed by atoms with Gasteiger partial charge in [0.25, 0.3) is 5.91 Å². The molecule has 11 heteroatoms. The molecule has 5 nitrogen and oxygen atoms in total. The van der Waals surface area contributed by atoms with E-state index in [1.54, 1.807) is 24.3 Å². The summed E-state index contributed by atoms with van der Waals surface area (Å²) in [5.74, 6) is 0.820. The molecule has 3 aromatic carbocycles. The van der Waals surface area contributed by atoms with Crippen LogP contribution in [-0.4, -0.2) is 20.7 Å². The maximum Gasteiger partial charge on any atom is 0.253 e. The zero-order valence-electron chi connectivity index (χ0n) is 17.2. The fraction of sp³-hybridized carbons (Fsp3) is 0.0870. The van der Waals surface area contributed by atoms with Gasteiger partial charge in [0.1, 0.15) is 0 Å². The van der Waals surface area contributed by atoms with Gasteiger partial charge in [-0.25, -0.2) is 0 Å². The Hall–Kier alpha value is -1.74. The summed E-state index contributed by atoms with van der Waals surface area (Å²) in [6, 6.07) is 18.0. The first kappa shape index (κ1) is 25.4. The lowest BCUT2D eigenvalue weighted by Crippen LogP contribution is -2.25. The third-order valence-electron chi connectivity index (χ3n) is 4.72. The van der Waals surface area contributed by atoms with Gasteiger partial charge in [-0.1, -0.05) is 86.2 Å². The quantitative estimate of drug-likeness (QED) is 0.215. The monoisotopic (exact) mass is 614 g/mol. The predicted molar refractivity (Wildman–Crippen MR) is 143 cm³/mol. The SMILES string of the molecule is O=C(NCc1nnc(SCc2ccc(Br)cc2)n1-c1ccc(Cl)c(Cl)c1)c1cc(Cl)ccc1Cl. The van der Waals surface area contributed by atoms with E-state index in [0.717, 1.165) is 15.7 Å². The van der Waals surface area contributed by atoms with E-state index in [-0.39, 0.29) is 18.0 Å². The number of rotatable bonds is 7. The number of carbonyl (C=O) groups excluding carboxylic acids is 1. The number of benzene rings is 3. The van der Waals surface area contributed by atoms with E-state index in [9.17, 15) is 4.79 Å². The highest BCUT2D eigenvalue weighted by molar-refractivity contribution is 9.10. The molecule has 0 unspecified atom stereocenters. The second-order valence-electron chi connectivity index (χ2n) is 7.05. The fourth-order valence-electron chi connectivity index (χ4n) is 3.05. The molecule has 34 heavy (non-hydrogen) atoms. The third-order valence-corrected chi connectivity index (χ3v) is 7.56. The second kappa shape index (κ2) is 11.3. The van der Waals surface area contributed by atoms with Crippen LogP contribution in [0.2, 0.25) is 20.1 Å². The number of hydrogen-bond acceptors (Lipinski definition) is 4. The van der Waals surface area contributed by atoms with E-state index in [1.165, 1.54) is 17.8 Å². The molecule has 0 saturated heterocycles. The Balaban J connectivity index is 1.61. The van der Waals surface area contributed by atoms with Gasteiger partial charge < -0.3 is 5.32 Å². The summed E-state index contributed by atoms with van der Waals surface area (Å²) < 4.78 is 2.85. The second-order valence-corrected chi connectivity index (χ2v) is 10.6. The van der Waals surface area contributed by atoms with Crippen LogP contribution in [0.25, 0.3) is 5.69 Å². The fourth-order valence-corrected chi connectivity index (χ4v) is 4.91. The van der Waals surface area contributed by atoms with Crippen molar-refractivity contribution in [3.05, 3.63) is 102 Å². The Morgan fingerprint density at radius 2 is 1.65 bits per heavy atom. The van der Waals surface area contributed by atoms with Crippen LogP contribution in [0.15, 0.2) is 70.3 Å². The van der Waals surface area contributed by atoms with E-state index in [0.29, 0.717) is 36.8 Å². The predicted octanol–water partition coefficient (Wildman–Crippen LogP) is 7.87. The molecule has 1 N–H and O–H groups in total. The van der Waals surface area contributed by atoms with Gasteiger partial charge >= 0.3 is 0 Å². The van der Waals surface area contributed by atoms with Crippen LogP contribution >= 0.6 is 74.1 Å². The summed E-state index contributed by atoms with van der Waals surface area (Å²) in [5, 5.41) is 13.7. The van der Waals surface area contributed by atoms with E-state index >= 15 is 0 Å². The van der Waals surface area contributed by atoms with Gasteiger partial charge in [-0.05, 0) is 54.1 Å². The minimum atomic E-state index is -0.375. The van der Waals surface area contributed by atoms with Gasteiger partial charge in [-0.15, -0.1) is 10.2 Å². The lowest BCUT2D eigenvalue weighted by molar-refractivity contribution is 0.0950.